The highest BCUT2D eigenvalue weighted by Gasteiger charge is 2.25. The van der Waals surface area contributed by atoms with Crippen molar-refractivity contribution in [3.63, 3.8) is 0 Å². The Kier molecular flexibility index (Phi) is 6.89. The third-order valence-electron chi connectivity index (χ3n) is 4.64. The van der Waals surface area contributed by atoms with E-state index in [1.165, 1.54) is 12.1 Å². The summed E-state index contributed by atoms with van der Waals surface area (Å²) in [6.07, 6.45) is 0. The molecule has 0 unspecified atom stereocenters. The minimum absolute atomic E-state index is 0.0523. The molecule has 0 saturated carbocycles. The molecular formula is C19H19Cl3N2O3S. The van der Waals surface area contributed by atoms with Gasteiger partial charge in [0.2, 0.25) is 0 Å². The molecule has 0 spiro atoms. The standard InChI is InChI=1S/C19H19Cl3N2O3S/c20-15-3-1-2-14(12-15)19(25)24-8-6-23(7-9-24)10-11-28(26,27)18-13-16(21)4-5-17(18)22/h1-5,12-13H,6-11H2. The zero-order chi connectivity index (χ0) is 20.3. The molecule has 2 aromatic carbocycles. The van der Waals surface area contributed by atoms with Crippen LogP contribution in [0.3, 0.4) is 0 Å². The second-order valence-corrected chi connectivity index (χ2v) is 9.90. The van der Waals surface area contributed by atoms with Crippen molar-refractivity contribution in [1.82, 2.24) is 9.80 Å². The predicted molar refractivity (Wildman–Crippen MR) is 112 cm³/mol. The first-order valence-electron chi connectivity index (χ1n) is 8.71. The molecule has 1 aliphatic rings. The molecule has 1 aliphatic heterocycles. The van der Waals surface area contributed by atoms with Crippen LogP contribution in [0.4, 0.5) is 0 Å². The molecule has 1 heterocycles. The number of rotatable bonds is 5. The number of hydrogen-bond donors (Lipinski definition) is 0. The molecule has 0 N–H and O–H groups in total. The van der Waals surface area contributed by atoms with Gasteiger partial charge in [-0.2, -0.15) is 0 Å². The van der Waals surface area contributed by atoms with E-state index in [1.54, 1.807) is 35.2 Å². The van der Waals surface area contributed by atoms with Gasteiger partial charge in [-0.3, -0.25) is 9.69 Å². The lowest BCUT2D eigenvalue weighted by Gasteiger charge is -2.34. The Morgan fingerprint density at radius 3 is 2.29 bits per heavy atom. The van der Waals surface area contributed by atoms with Gasteiger partial charge in [-0.15, -0.1) is 0 Å². The van der Waals surface area contributed by atoms with E-state index in [0.717, 1.165) is 0 Å². The van der Waals surface area contributed by atoms with Gasteiger partial charge >= 0.3 is 0 Å². The molecule has 0 bridgehead atoms. The van der Waals surface area contributed by atoms with Crippen LogP contribution in [0.1, 0.15) is 10.4 Å². The zero-order valence-corrected chi connectivity index (χ0v) is 18.0. The van der Waals surface area contributed by atoms with Crippen LogP contribution in [-0.2, 0) is 9.84 Å². The fraction of sp³-hybridized carbons (Fsp3) is 0.316. The molecule has 1 amide bonds. The first-order valence-corrected chi connectivity index (χ1v) is 11.5. The number of sulfone groups is 1. The summed E-state index contributed by atoms with van der Waals surface area (Å²) in [6, 6.07) is 11.3. The van der Waals surface area contributed by atoms with Crippen LogP contribution in [-0.4, -0.2) is 62.6 Å². The van der Waals surface area contributed by atoms with E-state index in [4.69, 9.17) is 34.8 Å². The highest BCUT2D eigenvalue weighted by atomic mass is 35.5. The number of carbonyl (C=O) groups is 1. The van der Waals surface area contributed by atoms with Gasteiger partial charge in [0.1, 0.15) is 0 Å². The van der Waals surface area contributed by atoms with Gasteiger partial charge in [-0.25, -0.2) is 8.42 Å². The molecule has 2 aromatic rings. The maximum Gasteiger partial charge on any atom is 0.253 e. The van der Waals surface area contributed by atoms with Crippen LogP contribution < -0.4 is 0 Å². The van der Waals surface area contributed by atoms with Crippen LogP contribution >= 0.6 is 34.8 Å². The van der Waals surface area contributed by atoms with Crippen LogP contribution in [0.25, 0.3) is 0 Å². The van der Waals surface area contributed by atoms with Gasteiger partial charge < -0.3 is 4.90 Å². The summed E-state index contributed by atoms with van der Waals surface area (Å²) in [6.45, 7) is 2.63. The molecule has 150 valence electrons. The minimum Gasteiger partial charge on any atom is -0.336 e. The number of piperazine rings is 1. The number of halogens is 3. The topological polar surface area (TPSA) is 57.7 Å². The average Bonchev–Trinajstić information content (AvgIpc) is 2.68. The summed E-state index contributed by atoms with van der Waals surface area (Å²) in [5, 5.41) is 1.02. The Balaban J connectivity index is 1.56. The molecule has 28 heavy (non-hydrogen) atoms. The van der Waals surface area contributed by atoms with E-state index < -0.39 is 9.84 Å². The summed E-state index contributed by atoms with van der Waals surface area (Å²) in [7, 11) is -3.54. The molecule has 0 aliphatic carbocycles. The van der Waals surface area contributed by atoms with Crippen molar-refractivity contribution in [2.45, 2.75) is 4.90 Å². The van der Waals surface area contributed by atoms with Gasteiger partial charge in [0.15, 0.2) is 9.84 Å². The van der Waals surface area contributed by atoms with Crippen molar-refractivity contribution in [2.24, 2.45) is 0 Å². The van der Waals surface area contributed by atoms with Gasteiger partial charge in [0.25, 0.3) is 5.91 Å². The molecule has 3 rings (SSSR count). The third-order valence-corrected chi connectivity index (χ3v) is 7.28. The van der Waals surface area contributed by atoms with Crippen molar-refractivity contribution in [3.8, 4) is 0 Å². The van der Waals surface area contributed by atoms with Crippen LogP contribution in [0, 0.1) is 0 Å². The smallest absolute Gasteiger partial charge is 0.253 e. The van der Waals surface area contributed by atoms with Gasteiger partial charge in [-0.1, -0.05) is 40.9 Å². The fourth-order valence-electron chi connectivity index (χ4n) is 3.05. The normalized spacial score (nSPS) is 15.6. The van der Waals surface area contributed by atoms with E-state index in [0.29, 0.717) is 48.3 Å². The third kappa shape index (κ3) is 5.19. The first kappa shape index (κ1) is 21.4. The van der Waals surface area contributed by atoms with Crippen molar-refractivity contribution in [1.29, 1.82) is 0 Å². The highest BCUT2D eigenvalue weighted by Crippen LogP contribution is 2.26. The van der Waals surface area contributed by atoms with E-state index in [9.17, 15) is 13.2 Å². The van der Waals surface area contributed by atoms with Crippen LogP contribution in [0.2, 0.25) is 15.1 Å². The van der Waals surface area contributed by atoms with Gasteiger partial charge in [0, 0.05) is 48.3 Å². The number of hydrogen-bond acceptors (Lipinski definition) is 4. The molecule has 1 saturated heterocycles. The molecule has 5 nitrogen and oxygen atoms in total. The Morgan fingerprint density at radius 2 is 1.61 bits per heavy atom. The highest BCUT2D eigenvalue weighted by molar-refractivity contribution is 7.91. The summed E-state index contributed by atoms with van der Waals surface area (Å²) < 4.78 is 25.2. The van der Waals surface area contributed by atoms with Crippen molar-refractivity contribution in [3.05, 3.63) is 63.1 Å². The number of nitrogens with zero attached hydrogens (tertiary/aromatic N) is 2. The number of carbonyl (C=O) groups excluding carboxylic acids is 1. The van der Waals surface area contributed by atoms with Crippen LogP contribution in [0.5, 0.6) is 0 Å². The second-order valence-electron chi connectivity index (χ2n) is 6.54. The molecule has 0 aromatic heterocycles. The Hall–Kier alpha value is -1.31. The second kappa shape index (κ2) is 9.01. The Morgan fingerprint density at radius 1 is 0.929 bits per heavy atom. The zero-order valence-electron chi connectivity index (χ0n) is 14.9. The van der Waals surface area contributed by atoms with Crippen molar-refractivity contribution >= 4 is 50.5 Å². The summed E-state index contributed by atoms with van der Waals surface area (Å²) in [4.78, 5) is 16.4. The number of amides is 1. The SMILES string of the molecule is O=C(c1cccc(Cl)c1)N1CCN(CCS(=O)(=O)c2cc(Cl)ccc2Cl)CC1. The molecule has 0 atom stereocenters. The van der Waals surface area contributed by atoms with Gasteiger partial charge in [0.05, 0.1) is 15.7 Å². The monoisotopic (exact) mass is 460 g/mol. The minimum atomic E-state index is -3.54. The van der Waals surface area contributed by atoms with Crippen LogP contribution in [0.15, 0.2) is 47.4 Å². The summed E-state index contributed by atoms with van der Waals surface area (Å²) in [5.41, 5.74) is 0.555. The molecular weight excluding hydrogens is 443 g/mol. The van der Waals surface area contributed by atoms with Crippen molar-refractivity contribution in [2.75, 3.05) is 38.5 Å². The van der Waals surface area contributed by atoms with E-state index in [1.807, 2.05) is 4.90 Å². The van der Waals surface area contributed by atoms with Gasteiger partial charge in [-0.05, 0) is 36.4 Å². The first-order chi connectivity index (χ1) is 13.3. The lowest BCUT2D eigenvalue weighted by Crippen LogP contribution is -2.49. The maximum atomic E-state index is 12.6. The molecule has 9 heteroatoms. The summed E-state index contributed by atoms with van der Waals surface area (Å²) >= 11 is 17.9. The Bertz CT molecular complexity index is 974. The predicted octanol–water partition coefficient (Wildman–Crippen LogP) is 3.88. The largest absolute Gasteiger partial charge is 0.336 e. The van der Waals surface area contributed by atoms with Crippen molar-refractivity contribution < 1.29 is 13.2 Å². The number of benzene rings is 2. The lowest BCUT2D eigenvalue weighted by molar-refractivity contribution is 0.0644. The van der Waals surface area contributed by atoms with E-state index in [-0.39, 0.29) is 21.6 Å². The lowest BCUT2D eigenvalue weighted by atomic mass is 10.2. The van der Waals surface area contributed by atoms with E-state index >= 15 is 0 Å². The molecule has 0 radical (unpaired) electrons. The van der Waals surface area contributed by atoms with E-state index in [2.05, 4.69) is 0 Å². The Labute approximate surface area is 179 Å². The fourth-order valence-corrected chi connectivity index (χ4v) is 5.34. The quantitative estimate of drug-likeness (QED) is 0.678. The maximum absolute atomic E-state index is 12.6. The average molecular weight is 462 g/mol. The summed E-state index contributed by atoms with van der Waals surface area (Å²) in [5.74, 6) is -0.129. The molecule has 1 fully saturated rings.